The van der Waals surface area contributed by atoms with Crippen LogP contribution in [0.25, 0.3) is 0 Å². The number of aromatic nitrogens is 3. The van der Waals surface area contributed by atoms with Crippen molar-refractivity contribution in [1.29, 1.82) is 0 Å². The van der Waals surface area contributed by atoms with Crippen molar-refractivity contribution in [2.24, 2.45) is 12.5 Å². The average molecular weight is 222 g/mol. The molecule has 1 aliphatic rings. The monoisotopic (exact) mass is 222 g/mol. The van der Waals surface area contributed by atoms with E-state index >= 15 is 0 Å². The summed E-state index contributed by atoms with van der Waals surface area (Å²) in [5.74, 6) is 1.02. The van der Waals surface area contributed by atoms with Crippen LogP contribution in [0.4, 0.5) is 0 Å². The summed E-state index contributed by atoms with van der Waals surface area (Å²) in [6.07, 6.45) is 8.48. The zero-order chi connectivity index (χ0) is 11.4. The van der Waals surface area contributed by atoms with Gasteiger partial charge in [-0.3, -0.25) is 4.68 Å². The Morgan fingerprint density at radius 3 is 2.75 bits per heavy atom. The molecule has 0 unspecified atom stereocenters. The number of rotatable bonds is 5. The maximum atomic E-state index is 4.22. The molecule has 4 nitrogen and oxygen atoms in total. The Morgan fingerprint density at radius 1 is 1.44 bits per heavy atom. The first kappa shape index (κ1) is 11.6. The second-order valence-electron chi connectivity index (χ2n) is 4.96. The van der Waals surface area contributed by atoms with Gasteiger partial charge in [-0.2, -0.15) is 5.10 Å². The molecule has 1 saturated carbocycles. The lowest BCUT2D eigenvalue weighted by molar-refractivity contribution is 0.266. The van der Waals surface area contributed by atoms with E-state index < -0.39 is 0 Å². The van der Waals surface area contributed by atoms with Gasteiger partial charge in [0.05, 0.1) is 6.54 Å². The van der Waals surface area contributed by atoms with Crippen molar-refractivity contribution in [3.8, 4) is 0 Å². The molecule has 0 amide bonds. The van der Waals surface area contributed by atoms with Crippen molar-refractivity contribution in [3.63, 3.8) is 0 Å². The molecule has 0 bridgehead atoms. The molecule has 0 radical (unpaired) electrons. The molecule has 1 aromatic rings. The van der Waals surface area contributed by atoms with Crippen LogP contribution in [0, 0.1) is 5.41 Å². The lowest BCUT2D eigenvalue weighted by Crippen LogP contribution is -2.31. The topological polar surface area (TPSA) is 42.7 Å². The minimum atomic E-state index is 0.554. The fourth-order valence-electron chi connectivity index (χ4n) is 2.70. The molecule has 0 aliphatic heterocycles. The van der Waals surface area contributed by atoms with Crippen molar-refractivity contribution in [3.05, 3.63) is 12.2 Å². The van der Waals surface area contributed by atoms with E-state index in [-0.39, 0.29) is 0 Å². The van der Waals surface area contributed by atoms with Gasteiger partial charge >= 0.3 is 0 Å². The van der Waals surface area contributed by atoms with Gasteiger partial charge in [-0.15, -0.1) is 0 Å². The third-order valence-corrected chi connectivity index (χ3v) is 4.00. The number of aryl methyl sites for hydroxylation is 1. The molecule has 1 N–H and O–H groups in total. The SMILES string of the molecule is CCC1(CNCc2ncnn2C)CCCC1. The highest BCUT2D eigenvalue weighted by molar-refractivity contribution is 4.88. The summed E-state index contributed by atoms with van der Waals surface area (Å²) in [4.78, 5) is 4.22. The van der Waals surface area contributed by atoms with Crippen LogP contribution in [-0.4, -0.2) is 21.3 Å². The highest BCUT2D eigenvalue weighted by Gasteiger charge is 2.31. The average Bonchev–Trinajstić information content (AvgIpc) is 2.90. The molecule has 90 valence electrons. The van der Waals surface area contributed by atoms with Crippen LogP contribution >= 0.6 is 0 Å². The Morgan fingerprint density at radius 2 is 2.19 bits per heavy atom. The quantitative estimate of drug-likeness (QED) is 0.827. The van der Waals surface area contributed by atoms with Gasteiger partial charge in [0.1, 0.15) is 12.2 Å². The van der Waals surface area contributed by atoms with Crippen molar-refractivity contribution in [2.75, 3.05) is 6.54 Å². The lowest BCUT2D eigenvalue weighted by atomic mass is 9.83. The third kappa shape index (κ3) is 2.43. The predicted molar refractivity (Wildman–Crippen MR) is 63.9 cm³/mol. The standard InChI is InChI=1S/C12H22N4/c1-3-12(6-4-5-7-12)9-13-8-11-14-10-15-16(11)2/h10,13H,3-9H2,1-2H3. The zero-order valence-electron chi connectivity index (χ0n) is 10.4. The second-order valence-corrected chi connectivity index (χ2v) is 4.96. The van der Waals surface area contributed by atoms with Gasteiger partial charge in [-0.25, -0.2) is 4.98 Å². The molecule has 1 aromatic heterocycles. The molecule has 1 aliphatic carbocycles. The first-order valence-corrected chi connectivity index (χ1v) is 6.29. The number of hydrogen-bond donors (Lipinski definition) is 1. The van der Waals surface area contributed by atoms with E-state index in [9.17, 15) is 0 Å². The number of nitrogens with zero attached hydrogens (tertiary/aromatic N) is 3. The van der Waals surface area contributed by atoms with Gasteiger partial charge in [-0.1, -0.05) is 19.8 Å². The molecular weight excluding hydrogens is 200 g/mol. The fraction of sp³-hybridized carbons (Fsp3) is 0.833. The van der Waals surface area contributed by atoms with Crippen molar-refractivity contribution < 1.29 is 0 Å². The van der Waals surface area contributed by atoms with E-state index in [1.54, 1.807) is 6.33 Å². The molecule has 4 heteroatoms. The zero-order valence-corrected chi connectivity index (χ0v) is 10.4. The molecule has 2 rings (SSSR count). The molecule has 1 fully saturated rings. The molecule has 0 aromatic carbocycles. The van der Waals surface area contributed by atoms with Crippen LogP contribution in [0.2, 0.25) is 0 Å². The minimum absolute atomic E-state index is 0.554. The summed E-state index contributed by atoms with van der Waals surface area (Å²) in [5.41, 5.74) is 0.554. The highest BCUT2D eigenvalue weighted by atomic mass is 15.3. The maximum absolute atomic E-state index is 4.22. The van der Waals surface area contributed by atoms with E-state index in [4.69, 9.17) is 0 Å². The van der Waals surface area contributed by atoms with Crippen LogP contribution in [-0.2, 0) is 13.6 Å². The third-order valence-electron chi connectivity index (χ3n) is 4.00. The Kier molecular flexibility index (Phi) is 3.59. The first-order valence-electron chi connectivity index (χ1n) is 6.29. The van der Waals surface area contributed by atoms with Gasteiger partial charge in [0, 0.05) is 13.6 Å². The number of hydrogen-bond acceptors (Lipinski definition) is 3. The van der Waals surface area contributed by atoms with Gasteiger partial charge in [0.15, 0.2) is 0 Å². The molecule has 0 saturated heterocycles. The van der Waals surface area contributed by atoms with E-state index in [2.05, 4.69) is 22.3 Å². The fourth-order valence-corrected chi connectivity index (χ4v) is 2.70. The Bertz CT molecular complexity index is 326. The van der Waals surface area contributed by atoms with Gasteiger partial charge in [0.25, 0.3) is 0 Å². The van der Waals surface area contributed by atoms with Crippen LogP contribution in [0.15, 0.2) is 6.33 Å². The summed E-state index contributed by atoms with van der Waals surface area (Å²) >= 11 is 0. The maximum Gasteiger partial charge on any atom is 0.140 e. The normalized spacial score (nSPS) is 19.1. The summed E-state index contributed by atoms with van der Waals surface area (Å²) < 4.78 is 1.83. The molecule has 16 heavy (non-hydrogen) atoms. The van der Waals surface area contributed by atoms with Gasteiger partial charge in [0.2, 0.25) is 0 Å². The summed E-state index contributed by atoms with van der Waals surface area (Å²) in [6, 6.07) is 0. The van der Waals surface area contributed by atoms with E-state index in [1.165, 1.54) is 32.1 Å². The van der Waals surface area contributed by atoms with Crippen molar-refractivity contribution in [1.82, 2.24) is 20.1 Å². The molecule has 1 heterocycles. The molecule has 0 spiro atoms. The van der Waals surface area contributed by atoms with Crippen LogP contribution in [0.5, 0.6) is 0 Å². The smallest absolute Gasteiger partial charge is 0.140 e. The first-order chi connectivity index (χ1) is 7.76. The number of nitrogens with one attached hydrogen (secondary N) is 1. The highest BCUT2D eigenvalue weighted by Crippen LogP contribution is 2.40. The second kappa shape index (κ2) is 4.95. The van der Waals surface area contributed by atoms with Crippen LogP contribution < -0.4 is 5.32 Å². The van der Waals surface area contributed by atoms with Crippen molar-refractivity contribution >= 4 is 0 Å². The predicted octanol–water partition coefficient (Wildman–Crippen LogP) is 1.88. The Balaban J connectivity index is 1.81. The van der Waals surface area contributed by atoms with Gasteiger partial charge in [-0.05, 0) is 24.7 Å². The summed E-state index contributed by atoms with van der Waals surface area (Å²) in [7, 11) is 1.94. The van der Waals surface area contributed by atoms with E-state index in [0.717, 1.165) is 18.9 Å². The Labute approximate surface area is 97.5 Å². The summed E-state index contributed by atoms with van der Waals surface area (Å²) in [5, 5.41) is 7.61. The largest absolute Gasteiger partial charge is 0.309 e. The van der Waals surface area contributed by atoms with E-state index in [0.29, 0.717) is 5.41 Å². The molecular formula is C12H22N4. The Hall–Kier alpha value is -0.900. The lowest BCUT2D eigenvalue weighted by Gasteiger charge is -2.27. The summed E-state index contributed by atoms with van der Waals surface area (Å²) in [6.45, 7) is 4.27. The van der Waals surface area contributed by atoms with Crippen molar-refractivity contribution in [2.45, 2.75) is 45.6 Å². The minimum Gasteiger partial charge on any atom is -0.309 e. The van der Waals surface area contributed by atoms with Crippen LogP contribution in [0.3, 0.4) is 0 Å². The molecule has 0 atom stereocenters. The van der Waals surface area contributed by atoms with E-state index in [1.807, 2.05) is 11.7 Å². The van der Waals surface area contributed by atoms with Gasteiger partial charge < -0.3 is 5.32 Å². The van der Waals surface area contributed by atoms with Crippen LogP contribution in [0.1, 0.15) is 44.9 Å².